The first-order valence-electron chi connectivity index (χ1n) is 15.4. The molecule has 0 saturated carbocycles. The molecule has 0 fully saturated rings. The number of allylic oxidation sites excluding steroid dienone is 2. The molecule has 8 nitrogen and oxygen atoms in total. The summed E-state index contributed by atoms with van der Waals surface area (Å²) >= 11 is 0. The standard InChI is InChI=1S/C38H40N2O6/c1-35(2,27-10-14-33(15-11-27)45-37(5)22-18-31(19-23-37)39(41)42)29-8-7-9-30(26-29)36(3,4)28-12-16-34(17-13-28)46-38(6)24-20-32(21-25-38)40(43)44/h7-22,24,26H,23,25H2,1-6H3. The van der Waals surface area contributed by atoms with E-state index in [9.17, 15) is 20.2 Å². The van der Waals surface area contributed by atoms with Gasteiger partial charge in [-0.15, -0.1) is 0 Å². The summed E-state index contributed by atoms with van der Waals surface area (Å²) in [7, 11) is 0. The predicted octanol–water partition coefficient (Wildman–Crippen LogP) is 8.85. The monoisotopic (exact) mass is 620 g/mol. The Balaban J connectivity index is 1.29. The molecule has 0 amide bonds. The number of rotatable bonds is 10. The molecule has 0 aliphatic heterocycles. The molecule has 0 N–H and O–H groups in total. The third-order valence-corrected chi connectivity index (χ3v) is 9.23. The molecule has 3 aromatic rings. The van der Waals surface area contributed by atoms with Gasteiger partial charge in [-0.2, -0.15) is 0 Å². The largest absolute Gasteiger partial charge is 0.483 e. The highest BCUT2D eigenvalue weighted by molar-refractivity contribution is 5.46. The Kier molecular flexibility index (Phi) is 8.51. The van der Waals surface area contributed by atoms with Gasteiger partial charge in [0, 0.05) is 35.8 Å². The van der Waals surface area contributed by atoms with Crippen LogP contribution < -0.4 is 9.47 Å². The van der Waals surface area contributed by atoms with Crippen molar-refractivity contribution in [2.45, 2.75) is 76.4 Å². The van der Waals surface area contributed by atoms with Gasteiger partial charge in [0.2, 0.25) is 0 Å². The molecule has 46 heavy (non-hydrogen) atoms. The first-order chi connectivity index (χ1) is 21.6. The smallest absolute Gasteiger partial charge is 0.265 e. The topological polar surface area (TPSA) is 105 Å². The lowest BCUT2D eigenvalue weighted by molar-refractivity contribution is -0.419. The second-order valence-corrected chi connectivity index (χ2v) is 13.6. The Morgan fingerprint density at radius 2 is 0.978 bits per heavy atom. The van der Waals surface area contributed by atoms with Crippen molar-refractivity contribution in [3.63, 3.8) is 0 Å². The minimum Gasteiger partial charge on any atom is -0.483 e. The minimum atomic E-state index is -0.647. The number of hydrogen-bond acceptors (Lipinski definition) is 6. The van der Waals surface area contributed by atoms with Crippen LogP contribution in [0.1, 0.15) is 76.6 Å². The SMILES string of the molecule is CC1(Oc2ccc(C(C)(C)c3cccc(C(C)(C)c4ccc(OC5(C)C=CC([N+](=O)[O-])=CC5)cc4)c3)cc2)C=CC([N+](=O)[O-])=CC1. The molecule has 0 radical (unpaired) electrons. The van der Waals surface area contributed by atoms with Gasteiger partial charge in [-0.05, 0) is 84.7 Å². The quantitative estimate of drug-likeness (QED) is 0.166. The number of ether oxygens (including phenoxy) is 2. The summed E-state index contributed by atoms with van der Waals surface area (Å²) in [6, 6.07) is 24.9. The maximum absolute atomic E-state index is 11.0. The number of benzene rings is 3. The lowest BCUT2D eigenvalue weighted by Gasteiger charge is -2.32. The molecule has 238 valence electrons. The highest BCUT2D eigenvalue weighted by Crippen LogP contribution is 2.39. The summed E-state index contributed by atoms with van der Waals surface area (Å²) in [5, 5.41) is 22.1. The zero-order chi connectivity index (χ0) is 33.3. The normalized spacial score (nSPS) is 21.3. The van der Waals surface area contributed by atoms with Crippen LogP contribution in [0.25, 0.3) is 0 Å². The summed E-state index contributed by atoms with van der Waals surface area (Å²) < 4.78 is 12.5. The minimum absolute atomic E-state index is 0.0887. The van der Waals surface area contributed by atoms with Gasteiger partial charge in [-0.1, -0.05) is 76.2 Å². The molecule has 0 saturated heterocycles. The highest BCUT2D eigenvalue weighted by Gasteiger charge is 2.31. The molecular formula is C38H40N2O6. The predicted molar refractivity (Wildman–Crippen MR) is 179 cm³/mol. The molecule has 2 aliphatic carbocycles. The van der Waals surface area contributed by atoms with Gasteiger partial charge in [0.15, 0.2) is 0 Å². The van der Waals surface area contributed by atoms with Gasteiger partial charge in [-0.3, -0.25) is 20.2 Å². The van der Waals surface area contributed by atoms with E-state index in [1.54, 1.807) is 24.3 Å². The van der Waals surface area contributed by atoms with E-state index in [0.717, 1.165) is 11.1 Å². The van der Waals surface area contributed by atoms with Crippen molar-refractivity contribution < 1.29 is 19.3 Å². The maximum atomic E-state index is 11.0. The lowest BCUT2D eigenvalue weighted by atomic mass is 9.73. The van der Waals surface area contributed by atoms with Gasteiger partial charge in [0.1, 0.15) is 22.7 Å². The molecule has 0 aromatic heterocycles. The van der Waals surface area contributed by atoms with Crippen LogP contribution in [-0.2, 0) is 10.8 Å². The lowest BCUT2D eigenvalue weighted by Crippen LogP contribution is -2.31. The van der Waals surface area contributed by atoms with Gasteiger partial charge >= 0.3 is 0 Å². The van der Waals surface area contributed by atoms with Crippen molar-refractivity contribution in [1.29, 1.82) is 0 Å². The van der Waals surface area contributed by atoms with Crippen molar-refractivity contribution in [2.75, 3.05) is 0 Å². The fraction of sp³-hybridized carbons (Fsp3) is 0.316. The Morgan fingerprint density at radius 1 is 0.609 bits per heavy atom. The zero-order valence-corrected chi connectivity index (χ0v) is 27.2. The highest BCUT2D eigenvalue weighted by atomic mass is 16.6. The van der Waals surface area contributed by atoms with Crippen molar-refractivity contribution in [1.82, 2.24) is 0 Å². The van der Waals surface area contributed by atoms with Crippen LogP contribution in [0, 0.1) is 20.2 Å². The van der Waals surface area contributed by atoms with Crippen LogP contribution in [0.5, 0.6) is 11.5 Å². The number of hydrogen-bond donors (Lipinski definition) is 0. The van der Waals surface area contributed by atoms with Crippen molar-refractivity contribution in [3.05, 3.63) is 163 Å². The van der Waals surface area contributed by atoms with E-state index in [-0.39, 0.29) is 32.1 Å². The van der Waals surface area contributed by atoms with E-state index in [0.29, 0.717) is 24.3 Å². The molecule has 2 unspecified atom stereocenters. The molecule has 3 aromatic carbocycles. The van der Waals surface area contributed by atoms with Crippen LogP contribution in [0.15, 0.2) is 121 Å². The fourth-order valence-corrected chi connectivity index (χ4v) is 5.88. The molecule has 0 bridgehead atoms. The summed E-state index contributed by atoms with van der Waals surface area (Å²) in [4.78, 5) is 21.3. The third-order valence-electron chi connectivity index (χ3n) is 9.23. The van der Waals surface area contributed by atoms with Crippen molar-refractivity contribution >= 4 is 0 Å². The van der Waals surface area contributed by atoms with E-state index in [2.05, 4.69) is 76.2 Å². The first-order valence-corrected chi connectivity index (χ1v) is 15.4. The van der Waals surface area contributed by atoms with Crippen molar-refractivity contribution in [3.8, 4) is 11.5 Å². The average Bonchev–Trinajstić information content (AvgIpc) is 3.02. The Bertz CT molecular complexity index is 1640. The van der Waals surface area contributed by atoms with Gasteiger partial charge in [0.05, 0.1) is 9.85 Å². The number of nitrogens with zero attached hydrogens (tertiary/aromatic N) is 2. The van der Waals surface area contributed by atoms with Crippen molar-refractivity contribution in [2.24, 2.45) is 0 Å². The summed E-state index contributed by atoms with van der Waals surface area (Å²) in [5.41, 5.74) is 2.97. The average molecular weight is 621 g/mol. The van der Waals surface area contributed by atoms with Crippen LogP contribution in [-0.4, -0.2) is 21.0 Å². The fourth-order valence-electron chi connectivity index (χ4n) is 5.88. The van der Waals surface area contributed by atoms with E-state index in [1.165, 1.54) is 23.3 Å². The summed E-state index contributed by atoms with van der Waals surface area (Å²) in [6.07, 6.45) is 10.5. The number of nitro groups is 2. The molecule has 0 spiro atoms. The molecule has 8 heteroatoms. The second-order valence-electron chi connectivity index (χ2n) is 13.6. The van der Waals surface area contributed by atoms with E-state index in [1.807, 2.05) is 38.1 Å². The molecule has 2 aliphatic rings. The molecular weight excluding hydrogens is 580 g/mol. The van der Waals surface area contributed by atoms with Crippen LogP contribution in [0.2, 0.25) is 0 Å². The third kappa shape index (κ3) is 6.81. The van der Waals surface area contributed by atoms with Crippen LogP contribution in [0.4, 0.5) is 0 Å². The Morgan fingerprint density at radius 3 is 1.28 bits per heavy atom. The molecule has 5 rings (SSSR count). The van der Waals surface area contributed by atoms with E-state index >= 15 is 0 Å². The summed E-state index contributed by atoms with van der Waals surface area (Å²) in [6.45, 7) is 12.7. The van der Waals surface area contributed by atoms with Gasteiger partial charge in [0.25, 0.3) is 11.4 Å². The summed E-state index contributed by atoms with van der Waals surface area (Å²) in [5.74, 6) is 1.41. The van der Waals surface area contributed by atoms with E-state index in [4.69, 9.17) is 9.47 Å². The first kappa shape index (κ1) is 32.4. The van der Waals surface area contributed by atoms with E-state index < -0.39 is 11.2 Å². The van der Waals surface area contributed by atoms with Gasteiger partial charge in [-0.25, -0.2) is 0 Å². The van der Waals surface area contributed by atoms with Crippen LogP contribution >= 0.6 is 0 Å². The van der Waals surface area contributed by atoms with Crippen LogP contribution in [0.3, 0.4) is 0 Å². The van der Waals surface area contributed by atoms with Gasteiger partial charge < -0.3 is 9.47 Å². The zero-order valence-electron chi connectivity index (χ0n) is 27.2. The Labute approximate surface area is 270 Å². The molecule has 0 heterocycles. The molecule has 2 atom stereocenters. The Hall–Kier alpha value is -4.98. The second kappa shape index (κ2) is 12.1. The maximum Gasteiger partial charge on any atom is 0.265 e.